The van der Waals surface area contributed by atoms with Gasteiger partial charge in [-0.3, -0.25) is 4.79 Å². The molecule has 0 radical (unpaired) electrons. The van der Waals surface area contributed by atoms with E-state index in [2.05, 4.69) is 10.6 Å². The Bertz CT molecular complexity index is 1000. The molecule has 0 unspecified atom stereocenters. The Balaban J connectivity index is 1.76. The number of benzene rings is 2. The Hall–Kier alpha value is -3.08. The van der Waals surface area contributed by atoms with Crippen molar-refractivity contribution in [1.82, 2.24) is 0 Å². The highest BCUT2D eigenvalue weighted by Crippen LogP contribution is 2.32. The van der Waals surface area contributed by atoms with Crippen LogP contribution in [0.2, 0.25) is 0 Å². The van der Waals surface area contributed by atoms with Crippen LogP contribution in [0.15, 0.2) is 63.8 Å². The second-order valence-electron chi connectivity index (χ2n) is 6.94. The van der Waals surface area contributed by atoms with Gasteiger partial charge in [-0.15, -0.1) is 0 Å². The van der Waals surface area contributed by atoms with Gasteiger partial charge in [-0.25, -0.2) is 4.79 Å². The van der Waals surface area contributed by atoms with Crippen molar-refractivity contribution in [3.05, 3.63) is 70.6 Å². The molecular weight excluding hydrogens is 340 g/mol. The first-order valence-corrected chi connectivity index (χ1v) is 9.41. The summed E-state index contributed by atoms with van der Waals surface area (Å²) in [6, 6.07) is 16.5. The summed E-state index contributed by atoms with van der Waals surface area (Å²) in [6.45, 7) is 0. The normalized spacial score (nSPS) is 14.8. The van der Waals surface area contributed by atoms with Crippen LogP contribution in [0.5, 0.6) is 0 Å². The average Bonchev–Trinajstić information content (AvgIpc) is 2.72. The molecule has 1 aromatic heterocycles. The number of rotatable bonds is 4. The Morgan fingerprint density at radius 2 is 1.59 bits per heavy atom. The topological polar surface area (TPSA) is 71.3 Å². The van der Waals surface area contributed by atoms with E-state index in [9.17, 15) is 9.59 Å². The van der Waals surface area contributed by atoms with Crippen LogP contribution in [-0.4, -0.2) is 11.9 Å². The molecule has 27 heavy (non-hydrogen) atoms. The van der Waals surface area contributed by atoms with E-state index >= 15 is 0 Å². The van der Waals surface area contributed by atoms with Crippen LogP contribution in [-0.2, 0) is 0 Å². The first-order chi connectivity index (χ1) is 13.2. The van der Waals surface area contributed by atoms with Crippen LogP contribution in [0.25, 0.3) is 11.0 Å². The SMILES string of the molecule is O=C(Nc1c(NC2CCCCC2)c2ccccc2oc1=O)c1ccccc1. The maximum Gasteiger partial charge on any atom is 0.362 e. The molecule has 138 valence electrons. The van der Waals surface area contributed by atoms with E-state index < -0.39 is 5.63 Å². The Morgan fingerprint density at radius 3 is 2.37 bits per heavy atom. The van der Waals surface area contributed by atoms with Crippen molar-refractivity contribution >= 4 is 28.3 Å². The molecule has 1 heterocycles. The molecule has 5 nitrogen and oxygen atoms in total. The molecule has 0 spiro atoms. The Kier molecular flexibility index (Phi) is 4.92. The van der Waals surface area contributed by atoms with E-state index in [0.717, 1.165) is 18.2 Å². The second-order valence-corrected chi connectivity index (χ2v) is 6.94. The molecule has 3 aromatic rings. The Morgan fingerprint density at radius 1 is 0.889 bits per heavy atom. The molecule has 2 N–H and O–H groups in total. The minimum atomic E-state index is -0.545. The van der Waals surface area contributed by atoms with Gasteiger partial charge in [0.05, 0.1) is 5.69 Å². The summed E-state index contributed by atoms with van der Waals surface area (Å²) in [6.07, 6.45) is 5.69. The van der Waals surface area contributed by atoms with E-state index in [0.29, 0.717) is 16.8 Å². The fourth-order valence-corrected chi connectivity index (χ4v) is 3.64. The second kappa shape index (κ2) is 7.66. The van der Waals surface area contributed by atoms with Crippen molar-refractivity contribution in [3.8, 4) is 0 Å². The zero-order valence-corrected chi connectivity index (χ0v) is 15.0. The maximum absolute atomic E-state index is 12.6. The molecular formula is C22H22N2O3. The molecule has 1 aliphatic carbocycles. The van der Waals surface area contributed by atoms with Gasteiger partial charge in [0.1, 0.15) is 5.58 Å². The lowest BCUT2D eigenvalue weighted by Gasteiger charge is -2.25. The molecule has 0 bridgehead atoms. The number of hydrogen-bond acceptors (Lipinski definition) is 4. The van der Waals surface area contributed by atoms with E-state index in [1.807, 2.05) is 24.3 Å². The van der Waals surface area contributed by atoms with Gasteiger partial charge in [0.2, 0.25) is 0 Å². The number of anilines is 2. The lowest BCUT2D eigenvalue weighted by atomic mass is 9.95. The van der Waals surface area contributed by atoms with Gasteiger partial charge in [0.25, 0.3) is 5.91 Å². The zero-order valence-electron chi connectivity index (χ0n) is 15.0. The van der Waals surface area contributed by atoms with Crippen molar-refractivity contribution in [2.45, 2.75) is 38.1 Å². The molecule has 4 rings (SSSR count). The summed E-state index contributed by atoms with van der Waals surface area (Å²) in [7, 11) is 0. The van der Waals surface area contributed by atoms with Gasteiger partial charge in [-0.1, -0.05) is 49.6 Å². The highest BCUT2D eigenvalue weighted by atomic mass is 16.4. The van der Waals surface area contributed by atoms with Crippen LogP contribution < -0.4 is 16.3 Å². The zero-order chi connectivity index (χ0) is 18.6. The summed E-state index contributed by atoms with van der Waals surface area (Å²) in [4.78, 5) is 25.3. The van der Waals surface area contributed by atoms with Gasteiger partial charge < -0.3 is 15.1 Å². The predicted octanol–water partition coefficient (Wildman–Crippen LogP) is 4.79. The van der Waals surface area contributed by atoms with E-state index in [-0.39, 0.29) is 17.6 Å². The number of nitrogens with one attached hydrogen (secondary N) is 2. The number of para-hydroxylation sites is 1. The van der Waals surface area contributed by atoms with Crippen molar-refractivity contribution in [1.29, 1.82) is 0 Å². The minimum Gasteiger partial charge on any atom is -0.421 e. The first kappa shape index (κ1) is 17.3. The van der Waals surface area contributed by atoms with Crippen LogP contribution in [0, 0.1) is 0 Å². The molecule has 0 aliphatic heterocycles. The van der Waals surface area contributed by atoms with Gasteiger partial charge >= 0.3 is 5.63 Å². The fourth-order valence-electron chi connectivity index (χ4n) is 3.64. The van der Waals surface area contributed by atoms with E-state index in [1.165, 1.54) is 19.3 Å². The van der Waals surface area contributed by atoms with Crippen LogP contribution in [0.3, 0.4) is 0 Å². The summed E-state index contributed by atoms with van der Waals surface area (Å²) in [5, 5.41) is 7.08. The predicted molar refractivity (Wildman–Crippen MR) is 107 cm³/mol. The van der Waals surface area contributed by atoms with Crippen molar-refractivity contribution in [2.75, 3.05) is 10.6 Å². The third kappa shape index (κ3) is 3.72. The fraction of sp³-hybridized carbons (Fsp3) is 0.273. The molecule has 1 aliphatic rings. The van der Waals surface area contributed by atoms with Crippen LogP contribution in [0.4, 0.5) is 11.4 Å². The highest BCUT2D eigenvalue weighted by Gasteiger charge is 2.21. The summed E-state index contributed by atoms with van der Waals surface area (Å²) < 4.78 is 5.45. The number of carbonyl (C=O) groups excluding carboxylic acids is 1. The third-order valence-corrected chi connectivity index (χ3v) is 5.04. The average molecular weight is 362 g/mol. The quantitative estimate of drug-likeness (QED) is 0.655. The number of carbonyl (C=O) groups is 1. The largest absolute Gasteiger partial charge is 0.421 e. The lowest BCUT2D eigenvalue weighted by Crippen LogP contribution is -2.26. The van der Waals surface area contributed by atoms with E-state index in [1.54, 1.807) is 30.3 Å². The van der Waals surface area contributed by atoms with Gasteiger partial charge in [0, 0.05) is 17.0 Å². The van der Waals surface area contributed by atoms with Gasteiger partial charge in [0.15, 0.2) is 5.69 Å². The molecule has 1 saturated carbocycles. The monoisotopic (exact) mass is 362 g/mol. The highest BCUT2D eigenvalue weighted by molar-refractivity contribution is 6.08. The van der Waals surface area contributed by atoms with Crippen LogP contribution >= 0.6 is 0 Å². The molecule has 2 aromatic carbocycles. The van der Waals surface area contributed by atoms with Gasteiger partial charge in [-0.2, -0.15) is 0 Å². The maximum atomic E-state index is 12.6. The van der Waals surface area contributed by atoms with Crippen molar-refractivity contribution in [3.63, 3.8) is 0 Å². The summed E-state index contributed by atoms with van der Waals surface area (Å²) in [5.74, 6) is -0.329. The summed E-state index contributed by atoms with van der Waals surface area (Å²) >= 11 is 0. The Labute approximate surface area is 157 Å². The lowest BCUT2D eigenvalue weighted by molar-refractivity contribution is 0.102. The first-order valence-electron chi connectivity index (χ1n) is 9.41. The smallest absolute Gasteiger partial charge is 0.362 e. The van der Waals surface area contributed by atoms with Crippen LogP contribution in [0.1, 0.15) is 42.5 Å². The molecule has 1 amide bonds. The third-order valence-electron chi connectivity index (χ3n) is 5.04. The molecule has 5 heteroatoms. The number of amides is 1. The molecule has 0 saturated heterocycles. The molecule has 1 fully saturated rings. The number of hydrogen-bond donors (Lipinski definition) is 2. The standard InChI is InChI=1S/C22H22N2O3/c25-21(15-9-3-1-4-10-15)24-20-19(23-16-11-5-2-6-12-16)17-13-7-8-14-18(17)27-22(20)26/h1,3-4,7-10,13-14,16,23H,2,5-6,11-12H2,(H,24,25). The van der Waals surface area contributed by atoms with Crippen molar-refractivity contribution in [2.24, 2.45) is 0 Å². The summed E-state index contributed by atoms with van der Waals surface area (Å²) in [5.41, 5.74) is 1.29. The van der Waals surface area contributed by atoms with E-state index in [4.69, 9.17) is 4.42 Å². The molecule has 0 atom stereocenters. The van der Waals surface area contributed by atoms with Crippen molar-refractivity contribution < 1.29 is 9.21 Å². The van der Waals surface area contributed by atoms with Gasteiger partial charge in [-0.05, 0) is 37.1 Å². The number of fused-ring (bicyclic) bond motifs is 1. The minimum absolute atomic E-state index is 0.174.